The highest BCUT2D eigenvalue weighted by atomic mass is 79.9. The second kappa shape index (κ2) is 13.9. The van der Waals surface area contributed by atoms with Crippen LogP contribution in [0, 0.1) is 31.6 Å². The van der Waals surface area contributed by atoms with Crippen molar-refractivity contribution in [2.24, 2.45) is 17.8 Å². The Labute approximate surface area is 286 Å². The van der Waals surface area contributed by atoms with E-state index in [1.807, 2.05) is 77.1 Å². The fourth-order valence-electron chi connectivity index (χ4n) is 7.93. The molecule has 1 spiro atoms. The minimum atomic E-state index is -1.29. The standard InChI is InChI=1S/C37H46BrN3O6/c1-8-18-39(25-14-16-26(17-15-25)46-10-3)34(43)29-30-35(44)41(28(21-42)22(4)5)33(37(30)20-27(38)32(29)47-37)36(45)40(19-9-2)31-23(6)12-11-13-24(31)7/h8-9,11-17,22,27-30,32-33,42H,1-2,10,18-21H2,3-7H3/t27?,28-,29-,30-,32-,33?,37?/m0/s1. The van der Waals surface area contributed by atoms with E-state index >= 15 is 4.79 Å². The molecule has 2 aromatic rings. The number of halogens is 1. The number of ether oxygens (including phenoxy) is 2. The van der Waals surface area contributed by atoms with Crippen LogP contribution in [0.25, 0.3) is 0 Å². The fourth-order valence-corrected chi connectivity index (χ4v) is 8.87. The van der Waals surface area contributed by atoms with Gasteiger partial charge in [-0.3, -0.25) is 14.4 Å². The molecule has 5 rings (SSSR count). The molecular weight excluding hydrogens is 662 g/mol. The Balaban J connectivity index is 1.63. The van der Waals surface area contributed by atoms with E-state index in [-0.39, 0.29) is 48.2 Å². The number of aryl methyl sites for hydroxylation is 2. The average Bonchev–Trinajstić information content (AvgIpc) is 3.63. The number of rotatable bonds is 13. The van der Waals surface area contributed by atoms with Gasteiger partial charge < -0.3 is 29.3 Å². The molecule has 7 atom stereocenters. The highest BCUT2D eigenvalue weighted by molar-refractivity contribution is 9.09. The number of carbonyl (C=O) groups is 3. The lowest BCUT2D eigenvalue weighted by Crippen LogP contribution is -2.60. The number of benzene rings is 2. The number of likely N-dealkylation sites (tertiary alicyclic amines) is 1. The quantitative estimate of drug-likeness (QED) is 0.227. The summed E-state index contributed by atoms with van der Waals surface area (Å²) in [4.78, 5) is 49.1. The van der Waals surface area contributed by atoms with Gasteiger partial charge in [0.05, 0.1) is 37.2 Å². The normalized spacial score (nSPS) is 26.7. The van der Waals surface area contributed by atoms with Gasteiger partial charge in [0, 0.05) is 29.3 Å². The largest absolute Gasteiger partial charge is 0.494 e. The molecule has 0 radical (unpaired) electrons. The third-order valence-corrected chi connectivity index (χ3v) is 10.7. The zero-order chi connectivity index (χ0) is 34.2. The summed E-state index contributed by atoms with van der Waals surface area (Å²) in [6.45, 7) is 18.1. The SMILES string of the molecule is C=CCN(C(=O)[C@H]1[C@H]2C(=O)N([C@@H](CO)C(C)C)C(C(=O)N(CC=C)c3c(C)cccc3C)C23CC(Br)[C@@H]1O3)c1ccc(OCC)cc1. The minimum absolute atomic E-state index is 0.172. The van der Waals surface area contributed by atoms with Crippen LogP contribution in [0.15, 0.2) is 67.8 Å². The zero-order valence-corrected chi connectivity index (χ0v) is 29.5. The van der Waals surface area contributed by atoms with E-state index in [2.05, 4.69) is 29.1 Å². The summed E-state index contributed by atoms with van der Waals surface area (Å²) in [5, 5.41) is 10.7. The van der Waals surface area contributed by atoms with Crippen LogP contribution in [0.5, 0.6) is 5.75 Å². The summed E-state index contributed by atoms with van der Waals surface area (Å²) in [5.41, 5.74) is 1.92. The molecule has 2 aromatic carbocycles. The van der Waals surface area contributed by atoms with E-state index < -0.39 is 35.6 Å². The summed E-state index contributed by atoms with van der Waals surface area (Å²) >= 11 is 3.79. The van der Waals surface area contributed by atoms with Crippen LogP contribution in [-0.2, 0) is 19.1 Å². The van der Waals surface area contributed by atoms with E-state index in [0.717, 1.165) is 16.8 Å². The lowest BCUT2D eigenvalue weighted by atomic mass is 9.70. The molecule has 10 heteroatoms. The smallest absolute Gasteiger partial charge is 0.253 e. The Morgan fingerprint density at radius 1 is 1.09 bits per heavy atom. The first-order chi connectivity index (χ1) is 22.5. The van der Waals surface area contributed by atoms with Gasteiger partial charge in [-0.2, -0.15) is 0 Å². The third-order valence-electron chi connectivity index (χ3n) is 9.88. The molecular formula is C37H46BrN3O6. The molecule has 1 N–H and O–H groups in total. The number of para-hydroxylation sites is 1. The summed E-state index contributed by atoms with van der Waals surface area (Å²) in [7, 11) is 0. The van der Waals surface area contributed by atoms with Crippen molar-refractivity contribution in [1.29, 1.82) is 0 Å². The van der Waals surface area contributed by atoms with E-state index in [0.29, 0.717) is 24.5 Å². The first-order valence-electron chi connectivity index (χ1n) is 16.4. The second-order valence-corrected chi connectivity index (χ2v) is 14.2. The average molecular weight is 709 g/mol. The number of anilines is 2. The number of fused-ring (bicyclic) bond motifs is 1. The highest BCUT2D eigenvalue weighted by Crippen LogP contribution is 2.61. The van der Waals surface area contributed by atoms with Crippen molar-refractivity contribution in [3.8, 4) is 5.75 Å². The number of alkyl halides is 1. The number of amides is 3. The zero-order valence-electron chi connectivity index (χ0n) is 27.9. The Morgan fingerprint density at radius 3 is 2.26 bits per heavy atom. The van der Waals surface area contributed by atoms with Gasteiger partial charge in [0.25, 0.3) is 5.91 Å². The number of aliphatic hydroxyl groups is 1. The van der Waals surface area contributed by atoms with Gasteiger partial charge in [0.15, 0.2) is 0 Å². The Kier molecular flexibility index (Phi) is 10.3. The highest BCUT2D eigenvalue weighted by Gasteiger charge is 2.77. The van der Waals surface area contributed by atoms with Crippen LogP contribution in [0.3, 0.4) is 0 Å². The van der Waals surface area contributed by atoms with Crippen LogP contribution >= 0.6 is 15.9 Å². The lowest BCUT2D eigenvalue weighted by Gasteiger charge is -2.41. The first-order valence-corrected chi connectivity index (χ1v) is 17.3. The van der Waals surface area contributed by atoms with Crippen molar-refractivity contribution >= 4 is 45.0 Å². The Morgan fingerprint density at radius 2 is 1.70 bits per heavy atom. The summed E-state index contributed by atoms with van der Waals surface area (Å²) in [6.07, 6.45) is 3.04. The predicted octanol–water partition coefficient (Wildman–Crippen LogP) is 5.21. The summed E-state index contributed by atoms with van der Waals surface area (Å²) in [5.74, 6) is -2.22. The van der Waals surface area contributed by atoms with Gasteiger partial charge in [0.2, 0.25) is 11.8 Å². The number of hydrogen-bond donors (Lipinski definition) is 1. The van der Waals surface area contributed by atoms with Crippen molar-refractivity contribution < 1.29 is 29.0 Å². The molecule has 3 amide bonds. The maximum Gasteiger partial charge on any atom is 0.253 e. The van der Waals surface area contributed by atoms with Crippen LogP contribution < -0.4 is 14.5 Å². The first kappa shape index (κ1) is 34.9. The second-order valence-electron chi connectivity index (χ2n) is 13.0. The van der Waals surface area contributed by atoms with E-state index in [9.17, 15) is 14.7 Å². The number of hydrogen-bond acceptors (Lipinski definition) is 6. The van der Waals surface area contributed by atoms with Crippen molar-refractivity contribution in [2.45, 2.75) is 69.7 Å². The third kappa shape index (κ3) is 5.82. The molecule has 47 heavy (non-hydrogen) atoms. The van der Waals surface area contributed by atoms with Crippen LogP contribution in [0.1, 0.15) is 38.3 Å². The van der Waals surface area contributed by atoms with Crippen molar-refractivity contribution in [3.05, 3.63) is 78.9 Å². The lowest BCUT2D eigenvalue weighted by molar-refractivity contribution is -0.145. The molecule has 2 bridgehead atoms. The van der Waals surface area contributed by atoms with Gasteiger partial charge in [-0.15, -0.1) is 13.2 Å². The summed E-state index contributed by atoms with van der Waals surface area (Å²) < 4.78 is 12.4. The van der Waals surface area contributed by atoms with Crippen molar-refractivity contribution in [2.75, 3.05) is 36.1 Å². The molecule has 3 aliphatic rings. The molecule has 3 aliphatic heterocycles. The van der Waals surface area contributed by atoms with Crippen LogP contribution in [-0.4, -0.2) is 82.6 Å². The van der Waals surface area contributed by atoms with E-state index in [1.165, 1.54) is 4.90 Å². The van der Waals surface area contributed by atoms with Gasteiger partial charge in [-0.1, -0.05) is 60.1 Å². The topological polar surface area (TPSA) is 99.6 Å². The molecule has 3 fully saturated rings. The van der Waals surface area contributed by atoms with Gasteiger partial charge in [0.1, 0.15) is 17.4 Å². The number of carbonyl (C=O) groups excluding carboxylic acids is 3. The predicted molar refractivity (Wildman–Crippen MR) is 187 cm³/mol. The maximum absolute atomic E-state index is 15.1. The van der Waals surface area contributed by atoms with Gasteiger partial charge in [-0.05, 0) is 68.5 Å². The molecule has 9 nitrogen and oxygen atoms in total. The molecule has 3 unspecified atom stereocenters. The molecule has 3 heterocycles. The molecule has 0 saturated carbocycles. The van der Waals surface area contributed by atoms with Crippen molar-refractivity contribution in [3.63, 3.8) is 0 Å². The van der Waals surface area contributed by atoms with Crippen LogP contribution in [0.2, 0.25) is 0 Å². The Hall–Kier alpha value is -3.47. The van der Waals surface area contributed by atoms with Crippen LogP contribution in [0.4, 0.5) is 11.4 Å². The van der Waals surface area contributed by atoms with E-state index in [4.69, 9.17) is 9.47 Å². The van der Waals surface area contributed by atoms with Gasteiger partial charge >= 0.3 is 0 Å². The number of aliphatic hydroxyl groups excluding tert-OH is 1. The molecule has 0 aliphatic carbocycles. The minimum Gasteiger partial charge on any atom is -0.494 e. The molecule has 0 aromatic heterocycles. The monoisotopic (exact) mass is 707 g/mol. The fraction of sp³-hybridized carbons (Fsp3) is 0.486. The van der Waals surface area contributed by atoms with E-state index in [1.54, 1.807) is 22.0 Å². The number of nitrogens with zero attached hydrogens (tertiary/aromatic N) is 3. The summed E-state index contributed by atoms with van der Waals surface area (Å²) in [6, 6.07) is 11.4. The molecule has 3 saturated heterocycles. The molecule has 252 valence electrons. The Bertz CT molecular complexity index is 1510. The van der Waals surface area contributed by atoms with Crippen molar-refractivity contribution in [1.82, 2.24) is 4.90 Å². The van der Waals surface area contributed by atoms with Gasteiger partial charge in [-0.25, -0.2) is 0 Å². The maximum atomic E-state index is 15.1.